The van der Waals surface area contributed by atoms with Gasteiger partial charge in [-0.1, -0.05) is 174 Å². The molecule has 0 aromatic heterocycles. The van der Waals surface area contributed by atoms with E-state index in [2.05, 4.69) is 26.0 Å². The summed E-state index contributed by atoms with van der Waals surface area (Å²) in [6, 6.07) is -0.722. The number of nitrogens with zero attached hydrogens (tertiary/aromatic N) is 1. The van der Waals surface area contributed by atoms with Crippen molar-refractivity contribution >= 4 is 17.9 Å². The molecular formula is C47H89NO7. The first-order chi connectivity index (χ1) is 26.6. The Kier molecular flexibility index (Phi) is 37.6. The molecule has 2 unspecified atom stereocenters. The second-order valence-corrected chi connectivity index (χ2v) is 17.0. The van der Waals surface area contributed by atoms with Crippen molar-refractivity contribution in [1.29, 1.82) is 0 Å². The molecule has 0 aromatic rings. The van der Waals surface area contributed by atoms with Crippen LogP contribution in [0.25, 0.3) is 0 Å². The van der Waals surface area contributed by atoms with Crippen LogP contribution < -0.4 is 5.11 Å². The molecule has 55 heavy (non-hydrogen) atoms. The Morgan fingerprint density at radius 3 is 1.35 bits per heavy atom. The van der Waals surface area contributed by atoms with Gasteiger partial charge in [0.15, 0.2) is 6.10 Å². The molecule has 0 amide bonds. The van der Waals surface area contributed by atoms with E-state index in [-0.39, 0.29) is 42.7 Å². The number of allylic oxidation sites excluding steroid dienone is 2. The van der Waals surface area contributed by atoms with Crippen LogP contribution in [0.1, 0.15) is 219 Å². The molecule has 0 bridgehead atoms. The lowest BCUT2D eigenvalue weighted by atomic mass is 10.0. The number of unbranched alkanes of at least 4 members (excludes halogenated alkanes) is 26. The minimum Gasteiger partial charge on any atom is -0.544 e. The molecular weight excluding hydrogens is 691 g/mol. The molecule has 0 aromatic carbocycles. The third-order valence-electron chi connectivity index (χ3n) is 10.7. The molecule has 0 heterocycles. The maximum Gasteiger partial charge on any atom is 0.306 e. The first kappa shape index (κ1) is 53.1. The van der Waals surface area contributed by atoms with E-state index in [0.717, 1.165) is 51.4 Å². The van der Waals surface area contributed by atoms with Gasteiger partial charge >= 0.3 is 11.9 Å². The van der Waals surface area contributed by atoms with Crippen molar-refractivity contribution < 1.29 is 38.2 Å². The number of carbonyl (C=O) groups is 3. The first-order valence-corrected chi connectivity index (χ1v) is 23.2. The largest absolute Gasteiger partial charge is 0.544 e. The average Bonchev–Trinajstić information content (AvgIpc) is 3.14. The van der Waals surface area contributed by atoms with E-state index in [9.17, 15) is 19.5 Å². The van der Waals surface area contributed by atoms with Gasteiger partial charge in [-0.15, -0.1) is 0 Å². The van der Waals surface area contributed by atoms with E-state index in [4.69, 9.17) is 14.2 Å². The van der Waals surface area contributed by atoms with Crippen molar-refractivity contribution in [3.05, 3.63) is 12.2 Å². The fourth-order valence-corrected chi connectivity index (χ4v) is 7.01. The summed E-state index contributed by atoms with van der Waals surface area (Å²) in [5.74, 6) is -1.73. The van der Waals surface area contributed by atoms with E-state index >= 15 is 0 Å². The number of esters is 2. The molecule has 0 N–H and O–H groups in total. The summed E-state index contributed by atoms with van der Waals surface area (Å²) in [5, 5.41) is 11.6. The lowest BCUT2D eigenvalue weighted by Crippen LogP contribution is -2.55. The average molecular weight is 780 g/mol. The predicted octanol–water partition coefficient (Wildman–Crippen LogP) is 11.4. The summed E-state index contributed by atoms with van der Waals surface area (Å²) in [5.41, 5.74) is 0. The van der Waals surface area contributed by atoms with Crippen molar-refractivity contribution in [2.24, 2.45) is 0 Å². The quantitative estimate of drug-likeness (QED) is 0.0263. The van der Waals surface area contributed by atoms with Crippen molar-refractivity contribution in [2.75, 3.05) is 41.0 Å². The Balaban J connectivity index is 4.23. The molecule has 8 nitrogen and oxygen atoms in total. The zero-order valence-corrected chi connectivity index (χ0v) is 36.9. The smallest absolute Gasteiger partial charge is 0.306 e. The van der Waals surface area contributed by atoms with Crippen LogP contribution >= 0.6 is 0 Å². The van der Waals surface area contributed by atoms with Crippen LogP contribution in [-0.4, -0.2) is 75.5 Å². The van der Waals surface area contributed by atoms with Crippen LogP contribution in [0, 0.1) is 0 Å². The second kappa shape index (κ2) is 38.9. The van der Waals surface area contributed by atoms with Gasteiger partial charge in [0.1, 0.15) is 12.6 Å². The molecule has 0 aliphatic rings. The maximum atomic E-state index is 12.7. The van der Waals surface area contributed by atoms with Crippen LogP contribution in [0.3, 0.4) is 0 Å². The third kappa shape index (κ3) is 37.4. The lowest BCUT2D eigenvalue weighted by Gasteiger charge is -2.34. The number of hydrogen-bond acceptors (Lipinski definition) is 7. The molecule has 0 aliphatic carbocycles. The molecule has 0 fully saturated rings. The van der Waals surface area contributed by atoms with E-state index in [1.807, 2.05) is 0 Å². The number of quaternary nitrogens is 1. The first-order valence-electron chi connectivity index (χ1n) is 23.2. The predicted molar refractivity (Wildman–Crippen MR) is 227 cm³/mol. The Bertz CT molecular complexity index is 915. The molecule has 8 heteroatoms. The number of carboxylic acid groups (broad SMARTS) is 1. The van der Waals surface area contributed by atoms with Gasteiger partial charge in [-0.25, -0.2) is 0 Å². The summed E-state index contributed by atoms with van der Waals surface area (Å²) in [7, 11) is 5.41. The van der Waals surface area contributed by atoms with Crippen molar-refractivity contribution in [2.45, 2.75) is 231 Å². The van der Waals surface area contributed by atoms with Crippen molar-refractivity contribution in [1.82, 2.24) is 0 Å². The molecule has 0 aliphatic heterocycles. The highest BCUT2D eigenvalue weighted by Crippen LogP contribution is 2.16. The highest BCUT2D eigenvalue weighted by atomic mass is 16.6. The highest BCUT2D eigenvalue weighted by molar-refractivity contribution is 5.70. The number of carboxylic acids is 1. The van der Waals surface area contributed by atoms with Crippen LogP contribution in [-0.2, 0) is 28.6 Å². The molecule has 0 saturated heterocycles. The van der Waals surface area contributed by atoms with E-state index in [1.165, 1.54) is 135 Å². The summed E-state index contributed by atoms with van der Waals surface area (Å²) < 4.78 is 17.2. The number of carbonyl (C=O) groups excluding carboxylic acids is 3. The number of likely N-dealkylation sites (N-methyl/N-ethyl adjacent to an activating group) is 1. The van der Waals surface area contributed by atoms with Crippen LogP contribution in [0.15, 0.2) is 12.2 Å². The molecule has 0 saturated carbocycles. The Hall–Kier alpha value is -1.93. The lowest BCUT2D eigenvalue weighted by molar-refractivity contribution is -0.889. The monoisotopic (exact) mass is 780 g/mol. The van der Waals surface area contributed by atoms with Gasteiger partial charge in [0.05, 0.1) is 40.3 Å². The zero-order chi connectivity index (χ0) is 40.7. The third-order valence-corrected chi connectivity index (χ3v) is 10.7. The fourth-order valence-electron chi connectivity index (χ4n) is 7.01. The number of rotatable bonds is 42. The minimum atomic E-state index is -1.12. The summed E-state index contributed by atoms with van der Waals surface area (Å²) in [4.78, 5) is 36.8. The van der Waals surface area contributed by atoms with Gasteiger partial charge < -0.3 is 28.6 Å². The molecule has 0 radical (unpaired) electrons. The summed E-state index contributed by atoms with van der Waals surface area (Å²) in [6.07, 6.45) is 40.9. The van der Waals surface area contributed by atoms with Gasteiger partial charge in [-0.05, 0) is 38.5 Å². The number of ether oxygens (including phenoxy) is 3. The number of aliphatic carboxylic acids is 1. The number of hydrogen-bond donors (Lipinski definition) is 0. The molecule has 324 valence electrons. The SMILES string of the molecule is CCCCC/C=C\CCCCCCCC(=O)OC(COCCC(C(=O)[O-])[N+](C)(C)C)COC(=O)CCCCCCCCCCCCCCCCCCCCC. The molecule has 2 atom stereocenters. The van der Waals surface area contributed by atoms with E-state index in [0.29, 0.717) is 12.8 Å². The Labute approximate surface area is 339 Å². The van der Waals surface area contributed by atoms with Crippen molar-refractivity contribution in [3.8, 4) is 0 Å². The van der Waals surface area contributed by atoms with Gasteiger partial charge in [0.25, 0.3) is 0 Å². The highest BCUT2D eigenvalue weighted by Gasteiger charge is 2.25. The van der Waals surface area contributed by atoms with Crippen LogP contribution in [0.4, 0.5) is 0 Å². The second-order valence-electron chi connectivity index (χ2n) is 17.0. The summed E-state index contributed by atoms with van der Waals surface area (Å²) in [6.45, 7) is 4.66. The zero-order valence-electron chi connectivity index (χ0n) is 36.9. The van der Waals surface area contributed by atoms with E-state index in [1.54, 1.807) is 21.1 Å². The normalized spacial score (nSPS) is 13.0. The maximum absolute atomic E-state index is 12.7. The van der Waals surface area contributed by atoms with Crippen molar-refractivity contribution in [3.63, 3.8) is 0 Å². The Morgan fingerprint density at radius 2 is 0.909 bits per heavy atom. The summed E-state index contributed by atoms with van der Waals surface area (Å²) >= 11 is 0. The standard InChI is InChI=1S/C47H89NO7/c1-6-8-10-12-14-16-18-20-21-22-23-24-25-26-28-29-31-33-35-37-45(49)54-42-43(41-53-40-39-44(47(51)52)48(3,4)5)55-46(50)38-36-34-32-30-27-19-17-15-13-11-9-7-2/h15,17,43-44H,6-14,16,18-42H2,1-5H3/b17-15-. The van der Waals surface area contributed by atoms with Gasteiger partial charge in [0.2, 0.25) is 0 Å². The molecule has 0 rings (SSSR count). The van der Waals surface area contributed by atoms with E-state index < -0.39 is 18.1 Å². The molecule has 0 spiro atoms. The van der Waals surface area contributed by atoms with Gasteiger partial charge in [0, 0.05) is 19.3 Å². The Morgan fingerprint density at radius 1 is 0.527 bits per heavy atom. The van der Waals surface area contributed by atoms with Crippen LogP contribution in [0.5, 0.6) is 0 Å². The fraction of sp³-hybridized carbons (Fsp3) is 0.894. The van der Waals surface area contributed by atoms with Crippen LogP contribution in [0.2, 0.25) is 0 Å². The topological polar surface area (TPSA) is 102 Å². The minimum absolute atomic E-state index is 0.0428. The van der Waals surface area contributed by atoms with Gasteiger partial charge in [-0.2, -0.15) is 0 Å². The van der Waals surface area contributed by atoms with Gasteiger partial charge in [-0.3, -0.25) is 9.59 Å².